The summed E-state index contributed by atoms with van der Waals surface area (Å²) >= 11 is 0. The molecule has 1 unspecified atom stereocenters. The molecule has 0 aliphatic carbocycles. The van der Waals surface area contributed by atoms with Crippen molar-refractivity contribution in [1.82, 2.24) is 0 Å². The Balaban J connectivity index is 4.36. The fraction of sp³-hybridized carbons (Fsp3) is 0.828. The van der Waals surface area contributed by atoms with Crippen LogP contribution < -0.4 is 0 Å². The van der Waals surface area contributed by atoms with Crippen molar-refractivity contribution < 1.29 is 28.6 Å². The van der Waals surface area contributed by atoms with Crippen LogP contribution in [0.2, 0.25) is 0 Å². The quantitative estimate of drug-likeness (QED) is 0.0199. The normalized spacial score (nSPS) is 12.3. The third-order valence-electron chi connectivity index (χ3n) is 13.6. The molecule has 0 aromatic rings. The molecule has 0 saturated heterocycles. The highest BCUT2D eigenvalue weighted by molar-refractivity contribution is 5.71. The third-order valence-corrected chi connectivity index (χ3v) is 13.6. The van der Waals surface area contributed by atoms with E-state index in [-0.39, 0.29) is 31.1 Å². The van der Waals surface area contributed by atoms with E-state index < -0.39 is 6.10 Å². The molecule has 0 fully saturated rings. The van der Waals surface area contributed by atoms with Crippen molar-refractivity contribution in [3.63, 3.8) is 0 Å². The van der Waals surface area contributed by atoms with Crippen LogP contribution in [0, 0.1) is 0 Å². The standard InChI is InChI=1S/C64H116O6/c1-4-7-10-13-16-19-22-25-28-31-32-34-36-39-42-45-48-51-54-57-63(66)69-60-61(59-68-62(65)56-53-50-47-44-41-38-35-30-27-24-21-18-15-12-9-6-3)70-64(67)58-55-52-49-46-43-40-37-33-29-26-23-20-17-14-11-8-5-2/h16-17,19-20,22,25-26,29,61H,4-15,18,21,23-24,27-28,30-60H2,1-3H3/b19-16-,20-17-,25-22-,29-26-. The van der Waals surface area contributed by atoms with Gasteiger partial charge in [-0.05, 0) is 77.0 Å². The molecule has 0 amide bonds. The molecule has 1 atom stereocenters. The molecule has 0 aliphatic heterocycles. The molecule has 0 bridgehead atoms. The monoisotopic (exact) mass is 981 g/mol. The molecule has 0 rings (SSSR count). The van der Waals surface area contributed by atoms with Gasteiger partial charge in [-0.25, -0.2) is 0 Å². The van der Waals surface area contributed by atoms with Crippen LogP contribution in [0.3, 0.4) is 0 Å². The molecular weight excluding hydrogens is 865 g/mol. The number of ether oxygens (including phenoxy) is 3. The van der Waals surface area contributed by atoms with Crippen molar-refractivity contribution in [2.45, 2.75) is 329 Å². The summed E-state index contributed by atoms with van der Waals surface area (Å²) in [5.41, 5.74) is 0. The van der Waals surface area contributed by atoms with E-state index in [0.717, 1.165) is 70.6 Å². The van der Waals surface area contributed by atoms with Gasteiger partial charge in [0.15, 0.2) is 6.10 Å². The van der Waals surface area contributed by atoms with Crippen molar-refractivity contribution in [3.05, 3.63) is 48.6 Å². The zero-order chi connectivity index (χ0) is 50.7. The van der Waals surface area contributed by atoms with Crippen molar-refractivity contribution in [2.24, 2.45) is 0 Å². The van der Waals surface area contributed by atoms with Crippen molar-refractivity contribution in [1.29, 1.82) is 0 Å². The Morgan fingerprint density at radius 2 is 0.557 bits per heavy atom. The summed E-state index contributed by atoms with van der Waals surface area (Å²) in [6, 6.07) is 0. The lowest BCUT2D eigenvalue weighted by Gasteiger charge is -2.18. The molecule has 408 valence electrons. The van der Waals surface area contributed by atoms with Crippen LogP contribution in [0.1, 0.15) is 323 Å². The van der Waals surface area contributed by atoms with E-state index in [1.807, 2.05) is 0 Å². The summed E-state index contributed by atoms with van der Waals surface area (Å²) in [6.07, 6.45) is 72.4. The van der Waals surface area contributed by atoms with Crippen LogP contribution in [-0.2, 0) is 28.6 Å². The Kier molecular flexibility index (Phi) is 56.7. The number of esters is 3. The Bertz CT molecular complexity index is 1220. The van der Waals surface area contributed by atoms with Crippen LogP contribution in [0.5, 0.6) is 0 Å². The fourth-order valence-corrected chi connectivity index (χ4v) is 8.94. The predicted molar refractivity (Wildman–Crippen MR) is 302 cm³/mol. The van der Waals surface area contributed by atoms with Gasteiger partial charge in [-0.3, -0.25) is 14.4 Å². The zero-order valence-corrected chi connectivity index (χ0v) is 46.8. The van der Waals surface area contributed by atoms with Gasteiger partial charge in [0, 0.05) is 19.3 Å². The van der Waals surface area contributed by atoms with Crippen LogP contribution in [0.25, 0.3) is 0 Å². The lowest BCUT2D eigenvalue weighted by molar-refractivity contribution is -0.167. The summed E-state index contributed by atoms with van der Waals surface area (Å²) in [5.74, 6) is -0.866. The third kappa shape index (κ3) is 56.3. The van der Waals surface area contributed by atoms with Crippen molar-refractivity contribution >= 4 is 17.9 Å². The first-order chi connectivity index (χ1) is 34.5. The molecule has 70 heavy (non-hydrogen) atoms. The largest absolute Gasteiger partial charge is 0.462 e. The maximum Gasteiger partial charge on any atom is 0.306 e. The number of rotatable bonds is 56. The van der Waals surface area contributed by atoms with Crippen LogP contribution in [0.4, 0.5) is 0 Å². The van der Waals surface area contributed by atoms with Gasteiger partial charge < -0.3 is 14.2 Å². The summed E-state index contributed by atoms with van der Waals surface area (Å²) in [4.78, 5) is 38.3. The average molecular weight is 982 g/mol. The minimum Gasteiger partial charge on any atom is -0.462 e. The molecule has 0 radical (unpaired) electrons. The molecule has 6 heteroatoms. The van der Waals surface area contributed by atoms with E-state index in [9.17, 15) is 14.4 Å². The Morgan fingerprint density at radius 1 is 0.300 bits per heavy atom. The Morgan fingerprint density at radius 3 is 0.900 bits per heavy atom. The molecule has 0 heterocycles. The summed E-state index contributed by atoms with van der Waals surface area (Å²) in [6.45, 7) is 6.63. The van der Waals surface area contributed by atoms with Gasteiger partial charge in [-0.1, -0.05) is 275 Å². The highest BCUT2D eigenvalue weighted by Gasteiger charge is 2.19. The molecule has 6 nitrogen and oxygen atoms in total. The lowest BCUT2D eigenvalue weighted by atomic mass is 10.0. The van der Waals surface area contributed by atoms with Gasteiger partial charge in [-0.15, -0.1) is 0 Å². The van der Waals surface area contributed by atoms with E-state index in [1.165, 1.54) is 212 Å². The maximum absolute atomic E-state index is 12.9. The second-order valence-electron chi connectivity index (χ2n) is 20.6. The molecular formula is C64H116O6. The summed E-state index contributed by atoms with van der Waals surface area (Å²) in [7, 11) is 0. The number of carbonyl (C=O) groups is 3. The van der Waals surface area contributed by atoms with Crippen LogP contribution in [-0.4, -0.2) is 37.2 Å². The lowest BCUT2D eigenvalue weighted by Crippen LogP contribution is -2.30. The van der Waals surface area contributed by atoms with Gasteiger partial charge in [-0.2, -0.15) is 0 Å². The predicted octanol–water partition coefficient (Wildman–Crippen LogP) is 20.6. The molecule has 0 N–H and O–H groups in total. The topological polar surface area (TPSA) is 78.9 Å². The molecule has 0 spiro atoms. The van der Waals surface area contributed by atoms with Gasteiger partial charge in [0.2, 0.25) is 0 Å². The number of unbranched alkanes of at least 4 members (excludes halogenated alkanes) is 38. The van der Waals surface area contributed by atoms with Gasteiger partial charge in [0.05, 0.1) is 0 Å². The SMILES string of the molecule is CCCCC/C=C\C=C/CCCCCCCCCCCCC(=O)OCC(COC(=O)CCCCCCCCCCCCCCCCCC)OC(=O)CCCCCCCCC/C=C\C/C=C\CCCCC. The second-order valence-corrected chi connectivity index (χ2v) is 20.6. The first-order valence-electron chi connectivity index (χ1n) is 30.7. The van der Waals surface area contributed by atoms with Gasteiger partial charge >= 0.3 is 17.9 Å². The van der Waals surface area contributed by atoms with Gasteiger partial charge in [0.1, 0.15) is 13.2 Å². The molecule has 0 aliphatic rings. The maximum atomic E-state index is 12.9. The van der Waals surface area contributed by atoms with E-state index in [4.69, 9.17) is 14.2 Å². The molecule has 0 aromatic carbocycles. The summed E-state index contributed by atoms with van der Waals surface area (Å²) < 4.78 is 16.9. The Hall–Kier alpha value is -2.63. The number of carbonyl (C=O) groups excluding carboxylic acids is 3. The van der Waals surface area contributed by atoms with E-state index in [0.29, 0.717) is 19.3 Å². The van der Waals surface area contributed by atoms with Gasteiger partial charge in [0.25, 0.3) is 0 Å². The van der Waals surface area contributed by atoms with E-state index >= 15 is 0 Å². The molecule has 0 aromatic heterocycles. The second kappa shape index (κ2) is 58.9. The highest BCUT2D eigenvalue weighted by atomic mass is 16.6. The summed E-state index contributed by atoms with van der Waals surface area (Å²) in [5, 5.41) is 0. The number of hydrogen-bond acceptors (Lipinski definition) is 6. The highest BCUT2D eigenvalue weighted by Crippen LogP contribution is 2.17. The number of hydrogen-bond donors (Lipinski definition) is 0. The van der Waals surface area contributed by atoms with E-state index in [1.54, 1.807) is 0 Å². The van der Waals surface area contributed by atoms with E-state index in [2.05, 4.69) is 69.4 Å². The first kappa shape index (κ1) is 67.4. The van der Waals surface area contributed by atoms with Crippen molar-refractivity contribution in [2.75, 3.05) is 13.2 Å². The fourth-order valence-electron chi connectivity index (χ4n) is 8.94. The molecule has 0 saturated carbocycles. The minimum atomic E-state index is -0.777. The smallest absolute Gasteiger partial charge is 0.306 e. The van der Waals surface area contributed by atoms with Crippen LogP contribution in [0.15, 0.2) is 48.6 Å². The van der Waals surface area contributed by atoms with Crippen LogP contribution >= 0.6 is 0 Å². The number of allylic oxidation sites excluding steroid dienone is 8. The first-order valence-corrected chi connectivity index (χ1v) is 30.7. The zero-order valence-electron chi connectivity index (χ0n) is 46.8. The minimum absolute atomic E-state index is 0.0739. The Labute approximate surface area is 435 Å². The van der Waals surface area contributed by atoms with Crippen molar-refractivity contribution in [3.8, 4) is 0 Å². The average Bonchev–Trinajstić information content (AvgIpc) is 3.36.